The van der Waals surface area contributed by atoms with Gasteiger partial charge in [-0.15, -0.1) is 0 Å². The van der Waals surface area contributed by atoms with Crippen LogP contribution in [0, 0.1) is 5.92 Å². The van der Waals surface area contributed by atoms with E-state index in [-0.39, 0.29) is 6.04 Å². The molecule has 0 aromatic carbocycles. The quantitative estimate of drug-likeness (QED) is 0.709. The molecule has 1 heterocycles. The predicted molar refractivity (Wildman–Crippen MR) is 61.8 cm³/mol. The zero-order valence-electron chi connectivity index (χ0n) is 10.2. The third kappa shape index (κ3) is 2.10. The minimum atomic E-state index is 0.237. The van der Waals surface area contributed by atoms with E-state index >= 15 is 0 Å². The predicted octanol–water partition coefficient (Wildman–Crippen LogP) is 2.62. The second-order valence-corrected chi connectivity index (χ2v) is 5.36. The van der Waals surface area contributed by atoms with Gasteiger partial charge in [-0.2, -0.15) is 0 Å². The highest BCUT2D eigenvalue weighted by Crippen LogP contribution is 2.43. The molecule has 2 atom stereocenters. The van der Waals surface area contributed by atoms with Crippen LogP contribution in [0.2, 0.25) is 0 Å². The van der Waals surface area contributed by atoms with Crippen molar-refractivity contribution in [2.45, 2.75) is 71.0 Å². The third-order valence-corrected chi connectivity index (χ3v) is 3.96. The van der Waals surface area contributed by atoms with Gasteiger partial charge >= 0.3 is 0 Å². The van der Waals surface area contributed by atoms with Gasteiger partial charge in [0, 0.05) is 18.5 Å². The molecule has 0 spiro atoms. The molecule has 1 saturated heterocycles. The van der Waals surface area contributed by atoms with Crippen LogP contribution in [0.3, 0.4) is 0 Å². The molecule has 0 amide bonds. The Kier molecular flexibility index (Phi) is 3.15. The summed E-state index contributed by atoms with van der Waals surface area (Å²) in [5.41, 5.74) is 0. The lowest BCUT2D eigenvalue weighted by atomic mass is 10.1. The summed E-state index contributed by atoms with van der Waals surface area (Å²) in [6.45, 7) is 6.46. The average molecular weight is 209 g/mol. The molecule has 0 radical (unpaired) electrons. The van der Waals surface area contributed by atoms with E-state index in [1.54, 1.807) is 0 Å². The fraction of sp³-hybridized carbons (Fsp3) is 0.923. The summed E-state index contributed by atoms with van der Waals surface area (Å²) in [5, 5.41) is 0. The van der Waals surface area contributed by atoms with Crippen molar-refractivity contribution in [1.82, 2.24) is 4.90 Å². The summed E-state index contributed by atoms with van der Waals surface area (Å²) in [4.78, 5) is 14.4. The number of Topliss-reactive ketones (excluding diaryl/α,β-unsaturated/α-hetero) is 1. The molecule has 1 aliphatic carbocycles. The Labute approximate surface area is 93.0 Å². The Morgan fingerprint density at radius 3 is 2.40 bits per heavy atom. The van der Waals surface area contributed by atoms with Gasteiger partial charge in [0.25, 0.3) is 0 Å². The number of rotatable bonds is 4. The Bertz CT molecular complexity index is 245. The van der Waals surface area contributed by atoms with E-state index < -0.39 is 0 Å². The molecule has 0 N–H and O–H groups in total. The zero-order chi connectivity index (χ0) is 11.0. The van der Waals surface area contributed by atoms with Crippen molar-refractivity contribution in [3.05, 3.63) is 0 Å². The average Bonchev–Trinajstić information content (AvgIpc) is 2.95. The van der Waals surface area contributed by atoms with Crippen LogP contribution < -0.4 is 0 Å². The van der Waals surface area contributed by atoms with Gasteiger partial charge in [-0.05, 0) is 45.4 Å². The topological polar surface area (TPSA) is 20.3 Å². The highest BCUT2D eigenvalue weighted by atomic mass is 16.1. The second kappa shape index (κ2) is 4.25. The molecule has 0 bridgehead atoms. The molecule has 2 aliphatic rings. The summed E-state index contributed by atoms with van der Waals surface area (Å²) in [7, 11) is 0. The molecule has 1 saturated carbocycles. The first-order chi connectivity index (χ1) is 7.15. The normalized spacial score (nSPS) is 32.5. The van der Waals surface area contributed by atoms with Gasteiger partial charge in [0.1, 0.15) is 5.78 Å². The lowest BCUT2D eigenvalue weighted by molar-refractivity contribution is -0.124. The van der Waals surface area contributed by atoms with Crippen LogP contribution in [0.4, 0.5) is 0 Å². The molecule has 2 fully saturated rings. The number of nitrogens with zero attached hydrogens (tertiary/aromatic N) is 1. The molecule has 1 aliphatic heterocycles. The standard InChI is InChI=1S/C13H23NO/c1-4-13(15)12-8-7-11(10-5-6-10)14(12)9(2)3/h9-12H,4-8H2,1-3H3/t11-,12+/m1/s1. The molecule has 0 unspecified atom stereocenters. The molecule has 2 heteroatoms. The highest BCUT2D eigenvalue weighted by molar-refractivity contribution is 5.84. The third-order valence-electron chi connectivity index (χ3n) is 3.96. The van der Waals surface area contributed by atoms with E-state index in [4.69, 9.17) is 0 Å². The van der Waals surface area contributed by atoms with Crippen molar-refractivity contribution < 1.29 is 4.79 Å². The number of ketones is 1. The number of likely N-dealkylation sites (tertiary alicyclic amines) is 1. The van der Waals surface area contributed by atoms with Gasteiger partial charge in [-0.25, -0.2) is 0 Å². The Hall–Kier alpha value is -0.370. The van der Waals surface area contributed by atoms with Crippen LogP contribution in [-0.2, 0) is 4.79 Å². The molecular weight excluding hydrogens is 186 g/mol. The maximum absolute atomic E-state index is 11.9. The number of carbonyl (C=O) groups is 1. The van der Waals surface area contributed by atoms with Crippen LogP contribution in [0.15, 0.2) is 0 Å². The van der Waals surface area contributed by atoms with Crippen molar-refractivity contribution in [3.63, 3.8) is 0 Å². The molecule has 15 heavy (non-hydrogen) atoms. The molecular formula is C13H23NO. The van der Waals surface area contributed by atoms with Crippen LogP contribution in [0.25, 0.3) is 0 Å². The van der Waals surface area contributed by atoms with Gasteiger partial charge < -0.3 is 0 Å². The van der Waals surface area contributed by atoms with Crippen LogP contribution >= 0.6 is 0 Å². The lowest BCUT2D eigenvalue weighted by Crippen LogP contribution is -2.45. The lowest BCUT2D eigenvalue weighted by Gasteiger charge is -2.33. The fourth-order valence-corrected chi connectivity index (χ4v) is 3.12. The summed E-state index contributed by atoms with van der Waals surface area (Å²) in [6, 6.07) is 1.48. The first-order valence-corrected chi connectivity index (χ1v) is 6.45. The number of hydrogen-bond donors (Lipinski definition) is 0. The first kappa shape index (κ1) is 11.1. The molecule has 86 valence electrons. The zero-order valence-corrected chi connectivity index (χ0v) is 10.2. The van der Waals surface area contributed by atoms with Crippen molar-refractivity contribution in [3.8, 4) is 0 Å². The molecule has 2 rings (SSSR count). The van der Waals surface area contributed by atoms with Gasteiger partial charge in [-0.1, -0.05) is 6.92 Å². The monoisotopic (exact) mass is 209 g/mol. The van der Waals surface area contributed by atoms with Gasteiger partial charge in [-0.3, -0.25) is 9.69 Å². The SMILES string of the molecule is CCC(=O)[C@@H]1CC[C@H](C2CC2)N1C(C)C. The van der Waals surface area contributed by atoms with Gasteiger partial charge in [0.2, 0.25) is 0 Å². The Morgan fingerprint density at radius 1 is 1.27 bits per heavy atom. The molecule has 0 aromatic rings. The van der Waals surface area contributed by atoms with Crippen molar-refractivity contribution in [2.75, 3.05) is 0 Å². The van der Waals surface area contributed by atoms with E-state index in [2.05, 4.69) is 18.7 Å². The van der Waals surface area contributed by atoms with Gasteiger partial charge in [0.15, 0.2) is 0 Å². The minimum Gasteiger partial charge on any atom is -0.298 e. The fourth-order valence-electron chi connectivity index (χ4n) is 3.12. The Balaban J connectivity index is 2.09. The van der Waals surface area contributed by atoms with Gasteiger partial charge in [0.05, 0.1) is 6.04 Å². The van der Waals surface area contributed by atoms with Crippen molar-refractivity contribution in [2.24, 2.45) is 5.92 Å². The summed E-state index contributed by atoms with van der Waals surface area (Å²) in [5.74, 6) is 1.36. The van der Waals surface area contributed by atoms with Crippen LogP contribution in [0.1, 0.15) is 52.9 Å². The van der Waals surface area contributed by atoms with E-state index in [1.165, 1.54) is 19.3 Å². The van der Waals surface area contributed by atoms with E-state index in [0.29, 0.717) is 24.3 Å². The largest absolute Gasteiger partial charge is 0.298 e. The van der Waals surface area contributed by atoms with Crippen molar-refractivity contribution >= 4 is 5.78 Å². The van der Waals surface area contributed by atoms with E-state index in [0.717, 1.165) is 12.3 Å². The number of hydrogen-bond acceptors (Lipinski definition) is 2. The maximum Gasteiger partial charge on any atom is 0.149 e. The maximum atomic E-state index is 11.9. The highest BCUT2D eigenvalue weighted by Gasteiger charge is 2.45. The van der Waals surface area contributed by atoms with E-state index in [9.17, 15) is 4.79 Å². The first-order valence-electron chi connectivity index (χ1n) is 6.45. The summed E-state index contributed by atoms with van der Waals surface area (Å²) < 4.78 is 0. The molecule has 2 nitrogen and oxygen atoms in total. The molecule has 0 aromatic heterocycles. The minimum absolute atomic E-state index is 0.237. The summed E-state index contributed by atoms with van der Waals surface area (Å²) >= 11 is 0. The smallest absolute Gasteiger partial charge is 0.149 e. The summed E-state index contributed by atoms with van der Waals surface area (Å²) in [6.07, 6.45) is 5.83. The van der Waals surface area contributed by atoms with Crippen molar-refractivity contribution in [1.29, 1.82) is 0 Å². The van der Waals surface area contributed by atoms with Crippen LogP contribution in [0.5, 0.6) is 0 Å². The second-order valence-electron chi connectivity index (χ2n) is 5.36. The van der Waals surface area contributed by atoms with E-state index in [1.807, 2.05) is 6.92 Å². The Morgan fingerprint density at radius 2 is 1.93 bits per heavy atom. The van der Waals surface area contributed by atoms with Crippen LogP contribution in [-0.4, -0.2) is 28.8 Å². The number of carbonyl (C=O) groups excluding carboxylic acids is 1.